The van der Waals surface area contributed by atoms with E-state index in [4.69, 9.17) is 4.74 Å². The van der Waals surface area contributed by atoms with Crippen LogP contribution < -0.4 is 0 Å². The molecule has 0 amide bonds. The number of ether oxygens (including phenoxy) is 1. The number of aliphatic hydroxyl groups is 2. The van der Waals surface area contributed by atoms with Crippen molar-refractivity contribution in [1.82, 2.24) is 0 Å². The molecule has 1 heterocycles. The molecule has 0 aromatic carbocycles. The van der Waals surface area contributed by atoms with Crippen molar-refractivity contribution in [3.8, 4) is 0 Å². The summed E-state index contributed by atoms with van der Waals surface area (Å²) < 4.78 is 5.90. The monoisotopic (exact) mass is 474 g/mol. The number of esters is 1. The molecule has 0 bridgehead atoms. The van der Waals surface area contributed by atoms with Gasteiger partial charge in [-0.1, -0.05) is 102 Å². The number of rotatable bonds is 3. The van der Waals surface area contributed by atoms with Crippen LogP contribution in [0.15, 0.2) is 49.1 Å². The van der Waals surface area contributed by atoms with Crippen molar-refractivity contribution in [3.05, 3.63) is 49.1 Å². The molecule has 1 unspecified atom stereocenters. The van der Waals surface area contributed by atoms with Crippen LogP contribution in [-0.2, 0) is 9.53 Å². The molecule has 0 radical (unpaired) electrons. The van der Waals surface area contributed by atoms with Gasteiger partial charge in [-0.05, 0) is 32.1 Å². The highest BCUT2D eigenvalue weighted by Crippen LogP contribution is 2.25. The van der Waals surface area contributed by atoms with E-state index in [1.165, 1.54) is 12.8 Å². The first-order valence-electron chi connectivity index (χ1n) is 13.5. The van der Waals surface area contributed by atoms with Crippen LogP contribution in [0.3, 0.4) is 0 Å². The van der Waals surface area contributed by atoms with Crippen LogP contribution in [0.4, 0.5) is 0 Å². The van der Waals surface area contributed by atoms with E-state index in [1.54, 1.807) is 6.08 Å². The molecule has 194 valence electrons. The number of cyclic esters (lactones) is 1. The third-order valence-electron chi connectivity index (χ3n) is 7.05. The van der Waals surface area contributed by atoms with Crippen LogP contribution >= 0.6 is 0 Å². The summed E-state index contributed by atoms with van der Waals surface area (Å²) in [4.78, 5) is 12.6. The molecule has 34 heavy (non-hydrogen) atoms. The van der Waals surface area contributed by atoms with Crippen LogP contribution in [0.25, 0.3) is 0 Å². The molecule has 0 aliphatic carbocycles. The van der Waals surface area contributed by atoms with Crippen molar-refractivity contribution in [2.24, 2.45) is 23.7 Å². The lowest BCUT2D eigenvalue weighted by Gasteiger charge is -2.31. The van der Waals surface area contributed by atoms with Crippen molar-refractivity contribution < 1.29 is 19.7 Å². The van der Waals surface area contributed by atoms with Crippen LogP contribution in [-0.4, -0.2) is 34.5 Å². The summed E-state index contributed by atoms with van der Waals surface area (Å²) in [5, 5.41) is 21.5. The van der Waals surface area contributed by atoms with E-state index in [2.05, 4.69) is 25.7 Å². The summed E-state index contributed by atoms with van der Waals surface area (Å²) in [6, 6.07) is 0. The predicted molar refractivity (Wildman–Crippen MR) is 142 cm³/mol. The second-order valence-electron chi connectivity index (χ2n) is 10.2. The molecule has 0 fully saturated rings. The Morgan fingerprint density at radius 1 is 0.971 bits per heavy atom. The number of carbonyl (C=O) groups is 1. The van der Waals surface area contributed by atoms with Crippen LogP contribution in [0.2, 0.25) is 0 Å². The minimum atomic E-state index is -0.582. The zero-order chi connectivity index (χ0) is 25.3. The van der Waals surface area contributed by atoms with Gasteiger partial charge in [0.25, 0.3) is 0 Å². The quantitative estimate of drug-likeness (QED) is 0.264. The smallest absolute Gasteiger partial charge is 0.306 e. The van der Waals surface area contributed by atoms with Crippen LogP contribution in [0.1, 0.15) is 91.9 Å². The molecule has 0 saturated heterocycles. The van der Waals surface area contributed by atoms with Crippen molar-refractivity contribution >= 4 is 5.97 Å². The lowest BCUT2D eigenvalue weighted by Crippen LogP contribution is -2.37. The molecule has 2 N–H and O–H groups in total. The molecule has 0 spiro atoms. The van der Waals surface area contributed by atoms with E-state index < -0.39 is 12.2 Å². The maximum absolute atomic E-state index is 12.6. The van der Waals surface area contributed by atoms with Gasteiger partial charge in [0, 0.05) is 30.1 Å². The number of carbonyl (C=O) groups excluding carboxylic acids is 1. The van der Waals surface area contributed by atoms with Gasteiger partial charge in [0.05, 0.1) is 12.2 Å². The summed E-state index contributed by atoms with van der Waals surface area (Å²) in [6.45, 7) is 11.8. The number of hydrogen-bond donors (Lipinski definition) is 2. The zero-order valence-corrected chi connectivity index (χ0v) is 22.1. The fraction of sp³-hybridized carbons (Fsp3) is 0.700. The number of allylic oxidation sites excluding steroid dienone is 4. The van der Waals surface area contributed by atoms with E-state index in [9.17, 15) is 15.0 Å². The van der Waals surface area contributed by atoms with Gasteiger partial charge in [-0.3, -0.25) is 4.79 Å². The summed E-state index contributed by atoms with van der Waals surface area (Å²) in [5.41, 5.74) is 0. The maximum atomic E-state index is 12.6. The van der Waals surface area contributed by atoms with Crippen molar-refractivity contribution in [2.45, 2.75) is 110 Å². The van der Waals surface area contributed by atoms with Gasteiger partial charge >= 0.3 is 5.97 Å². The first kappa shape index (κ1) is 30.4. The second kappa shape index (κ2) is 17.7. The largest absolute Gasteiger partial charge is 0.461 e. The molecule has 1 aliphatic rings. The van der Waals surface area contributed by atoms with E-state index in [1.807, 2.05) is 45.1 Å². The number of hydrogen-bond acceptors (Lipinski definition) is 4. The first-order chi connectivity index (χ1) is 16.3. The molecular weight excluding hydrogens is 424 g/mol. The highest BCUT2D eigenvalue weighted by molar-refractivity contribution is 5.69. The average molecular weight is 475 g/mol. The van der Waals surface area contributed by atoms with Crippen molar-refractivity contribution in [1.29, 1.82) is 0 Å². The molecule has 0 aromatic rings. The highest BCUT2D eigenvalue weighted by Gasteiger charge is 2.30. The zero-order valence-electron chi connectivity index (χ0n) is 22.1. The Balaban J connectivity index is 2.89. The summed E-state index contributed by atoms with van der Waals surface area (Å²) >= 11 is 0. The van der Waals surface area contributed by atoms with E-state index in [0.717, 1.165) is 32.1 Å². The Bertz CT molecular complexity index is 650. The van der Waals surface area contributed by atoms with Crippen LogP contribution in [0, 0.1) is 23.7 Å². The van der Waals surface area contributed by atoms with Gasteiger partial charge in [0.15, 0.2) is 0 Å². The molecule has 1 rings (SSSR count). The van der Waals surface area contributed by atoms with Gasteiger partial charge in [0.2, 0.25) is 0 Å². The third-order valence-corrected chi connectivity index (χ3v) is 7.05. The summed E-state index contributed by atoms with van der Waals surface area (Å²) in [7, 11) is 0. The SMILES string of the molecule is C=C/C=C/C(C)[C@H]1OC(=O)CCCCCCCC/C=C/[C@H](C)[C@H](O)[C@@H](C)/C=C\CC[C@@H](O)[C@H]1C. The lowest BCUT2D eigenvalue weighted by atomic mass is 9.86. The normalized spacial score (nSPS) is 34.8. The standard InChI is InChI=1S/C30H50O4/c1-6-7-18-25(4)30-26(5)27(31)21-17-16-20-24(3)29(33)23(2)19-14-12-10-8-9-11-13-15-22-28(32)34-30/h6-7,14,16,18-20,23-27,29-31,33H,1,8-13,15,17,21-22H2,2-5H3/b18-7+,19-14+,20-16-/t23-,24-,25?,26+,27+,29-,30+/m0/s1. The number of aliphatic hydroxyl groups excluding tert-OH is 2. The average Bonchev–Trinajstić information content (AvgIpc) is 2.82. The van der Waals surface area contributed by atoms with E-state index in [0.29, 0.717) is 19.3 Å². The molecule has 7 atom stereocenters. The Hall–Kier alpha value is -1.65. The first-order valence-corrected chi connectivity index (χ1v) is 13.5. The fourth-order valence-corrected chi connectivity index (χ4v) is 4.58. The minimum Gasteiger partial charge on any atom is -0.461 e. The van der Waals surface area contributed by atoms with Gasteiger partial charge < -0.3 is 14.9 Å². The maximum Gasteiger partial charge on any atom is 0.306 e. The van der Waals surface area contributed by atoms with Gasteiger partial charge in [-0.25, -0.2) is 0 Å². The topological polar surface area (TPSA) is 66.8 Å². The lowest BCUT2D eigenvalue weighted by molar-refractivity contribution is -0.156. The summed E-state index contributed by atoms with van der Waals surface area (Å²) in [6.07, 6.45) is 21.9. The molecule has 4 heteroatoms. The molecule has 1 aliphatic heterocycles. The molecule has 0 saturated carbocycles. The molecular formula is C30H50O4. The predicted octanol–water partition coefficient (Wildman–Crippen LogP) is 6.93. The Kier molecular flexibility index (Phi) is 15.8. The third kappa shape index (κ3) is 12.2. The van der Waals surface area contributed by atoms with Crippen molar-refractivity contribution in [2.75, 3.05) is 0 Å². The van der Waals surface area contributed by atoms with E-state index in [-0.39, 0.29) is 35.7 Å². The second-order valence-corrected chi connectivity index (χ2v) is 10.2. The highest BCUT2D eigenvalue weighted by atomic mass is 16.5. The van der Waals surface area contributed by atoms with Gasteiger partial charge in [-0.2, -0.15) is 0 Å². The molecule has 4 nitrogen and oxygen atoms in total. The Morgan fingerprint density at radius 3 is 2.21 bits per heavy atom. The van der Waals surface area contributed by atoms with Crippen molar-refractivity contribution in [3.63, 3.8) is 0 Å². The van der Waals surface area contributed by atoms with Gasteiger partial charge in [-0.15, -0.1) is 0 Å². The Labute approximate surface area is 208 Å². The van der Waals surface area contributed by atoms with Gasteiger partial charge in [0.1, 0.15) is 6.10 Å². The van der Waals surface area contributed by atoms with E-state index >= 15 is 0 Å². The molecule has 0 aromatic heterocycles. The minimum absolute atomic E-state index is 0.0163. The Morgan fingerprint density at radius 2 is 1.56 bits per heavy atom. The van der Waals surface area contributed by atoms with Crippen LogP contribution in [0.5, 0.6) is 0 Å². The fourth-order valence-electron chi connectivity index (χ4n) is 4.58. The summed E-state index contributed by atoms with van der Waals surface area (Å²) in [5.74, 6) is -0.217.